The number of benzene rings is 1. The zero-order chi connectivity index (χ0) is 20.5. The van der Waals surface area contributed by atoms with Crippen LogP contribution in [0.2, 0.25) is 0 Å². The van der Waals surface area contributed by atoms with Crippen LogP contribution in [0, 0.1) is 0 Å². The Balaban J connectivity index is 1.60. The summed E-state index contributed by atoms with van der Waals surface area (Å²) in [6.07, 6.45) is 3.23. The number of carboxylic acids is 1. The van der Waals surface area contributed by atoms with Crippen molar-refractivity contribution in [3.63, 3.8) is 0 Å². The Morgan fingerprint density at radius 1 is 1.17 bits per heavy atom. The number of carbonyl (C=O) groups is 2. The summed E-state index contributed by atoms with van der Waals surface area (Å²) in [7, 11) is 0. The van der Waals surface area contributed by atoms with Gasteiger partial charge in [0.15, 0.2) is 0 Å². The molecule has 3 aromatic rings. The summed E-state index contributed by atoms with van der Waals surface area (Å²) < 4.78 is 2.27. The van der Waals surface area contributed by atoms with Gasteiger partial charge in [-0.05, 0) is 51.0 Å². The third-order valence-corrected chi connectivity index (χ3v) is 5.44. The molecule has 0 bridgehead atoms. The molecular formula is C22H24N4O3. The number of carbonyl (C=O) groups excluding carboxylic acids is 1. The van der Waals surface area contributed by atoms with Crippen molar-refractivity contribution in [2.24, 2.45) is 0 Å². The highest BCUT2D eigenvalue weighted by molar-refractivity contribution is 5.95. The number of hydrogen-bond donors (Lipinski definition) is 1. The third-order valence-electron chi connectivity index (χ3n) is 5.44. The first kappa shape index (κ1) is 19.1. The number of amides is 1. The quantitative estimate of drug-likeness (QED) is 0.731. The molecule has 1 N–H and O–H groups in total. The van der Waals surface area contributed by atoms with Crippen molar-refractivity contribution in [3.8, 4) is 0 Å². The molecule has 1 aliphatic rings. The molecule has 1 unspecified atom stereocenters. The molecule has 2 aromatic heterocycles. The van der Waals surface area contributed by atoms with Crippen LogP contribution in [0.5, 0.6) is 0 Å². The molecule has 1 aromatic carbocycles. The number of pyridine rings is 1. The van der Waals surface area contributed by atoms with E-state index in [1.54, 1.807) is 0 Å². The molecule has 29 heavy (non-hydrogen) atoms. The highest BCUT2D eigenvalue weighted by Gasteiger charge is 2.29. The van der Waals surface area contributed by atoms with Gasteiger partial charge in [-0.15, -0.1) is 0 Å². The van der Waals surface area contributed by atoms with Crippen molar-refractivity contribution in [3.05, 3.63) is 59.7 Å². The van der Waals surface area contributed by atoms with Gasteiger partial charge in [0.2, 0.25) is 0 Å². The van der Waals surface area contributed by atoms with Crippen LogP contribution in [0.15, 0.2) is 42.6 Å². The van der Waals surface area contributed by atoms with Crippen molar-refractivity contribution in [1.29, 1.82) is 0 Å². The van der Waals surface area contributed by atoms with Gasteiger partial charge >= 0.3 is 5.97 Å². The third kappa shape index (κ3) is 3.60. The minimum absolute atomic E-state index is 0.0660. The Kier molecular flexibility index (Phi) is 5.05. The van der Waals surface area contributed by atoms with E-state index in [1.165, 1.54) is 18.3 Å². The van der Waals surface area contributed by atoms with Gasteiger partial charge in [0.1, 0.15) is 11.5 Å². The van der Waals surface area contributed by atoms with Crippen LogP contribution in [0.3, 0.4) is 0 Å². The number of aromatic nitrogens is 3. The van der Waals surface area contributed by atoms with Gasteiger partial charge in [0, 0.05) is 31.2 Å². The van der Waals surface area contributed by atoms with Gasteiger partial charge in [-0.3, -0.25) is 4.79 Å². The van der Waals surface area contributed by atoms with Crippen LogP contribution in [-0.4, -0.2) is 49.5 Å². The first-order valence-corrected chi connectivity index (χ1v) is 9.91. The minimum atomic E-state index is -1.10. The molecule has 1 fully saturated rings. The number of nitrogens with zero attached hydrogens (tertiary/aromatic N) is 4. The SMILES string of the molecule is CC(C)n1c(C2CCCN(C(=O)c3ccc(C(=O)O)nc3)C2)nc2ccccc21. The van der Waals surface area contributed by atoms with Gasteiger partial charge in [-0.1, -0.05) is 12.1 Å². The number of carboxylic acid groups (broad SMARTS) is 1. The smallest absolute Gasteiger partial charge is 0.354 e. The molecule has 3 heterocycles. The Morgan fingerprint density at radius 2 is 1.97 bits per heavy atom. The highest BCUT2D eigenvalue weighted by Crippen LogP contribution is 2.32. The minimum Gasteiger partial charge on any atom is -0.477 e. The van der Waals surface area contributed by atoms with Crippen LogP contribution in [0.4, 0.5) is 0 Å². The number of para-hydroxylation sites is 2. The number of rotatable bonds is 4. The summed E-state index contributed by atoms with van der Waals surface area (Å²) in [5.41, 5.74) is 2.44. The fourth-order valence-electron chi connectivity index (χ4n) is 4.10. The topological polar surface area (TPSA) is 88.3 Å². The molecule has 7 nitrogen and oxygen atoms in total. The number of aromatic carboxylic acids is 1. The molecular weight excluding hydrogens is 368 g/mol. The van der Waals surface area contributed by atoms with E-state index in [0.29, 0.717) is 18.7 Å². The maximum atomic E-state index is 13.0. The fourth-order valence-corrected chi connectivity index (χ4v) is 4.10. The number of hydrogen-bond acceptors (Lipinski definition) is 4. The van der Waals surface area contributed by atoms with Crippen LogP contribution in [0.1, 0.15) is 65.3 Å². The van der Waals surface area contributed by atoms with Crippen LogP contribution in [-0.2, 0) is 0 Å². The fraction of sp³-hybridized carbons (Fsp3) is 0.364. The number of imidazole rings is 1. The number of fused-ring (bicyclic) bond motifs is 1. The number of piperidine rings is 1. The van der Waals surface area contributed by atoms with Gasteiger partial charge in [0.25, 0.3) is 5.91 Å². The van der Waals surface area contributed by atoms with E-state index >= 15 is 0 Å². The van der Waals surface area contributed by atoms with E-state index in [9.17, 15) is 9.59 Å². The summed E-state index contributed by atoms with van der Waals surface area (Å²) in [4.78, 5) is 34.5. The maximum Gasteiger partial charge on any atom is 0.354 e. The van der Waals surface area contributed by atoms with Crippen molar-refractivity contribution >= 4 is 22.9 Å². The zero-order valence-corrected chi connectivity index (χ0v) is 16.6. The molecule has 1 saturated heterocycles. The van der Waals surface area contributed by atoms with E-state index in [-0.39, 0.29) is 23.6 Å². The van der Waals surface area contributed by atoms with E-state index < -0.39 is 5.97 Å². The molecule has 0 spiro atoms. The second-order valence-corrected chi connectivity index (χ2v) is 7.75. The van der Waals surface area contributed by atoms with Crippen LogP contribution < -0.4 is 0 Å². The number of likely N-dealkylation sites (tertiary alicyclic amines) is 1. The monoisotopic (exact) mass is 392 g/mol. The summed E-state index contributed by atoms with van der Waals surface area (Å²) >= 11 is 0. The Bertz CT molecular complexity index is 1060. The Labute approximate surface area is 169 Å². The summed E-state index contributed by atoms with van der Waals surface area (Å²) in [5, 5.41) is 8.99. The molecule has 1 amide bonds. The summed E-state index contributed by atoms with van der Waals surface area (Å²) in [6.45, 7) is 5.57. The van der Waals surface area contributed by atoms with Crippen LogP contribution in [0.25, 0.3) is 11.0 Å². The largest absolute Gasteiger partial charge is 0.477 e. The van der Waals surface area contributed by atoms with Crippen molar-refractivity contribution in [2.75, 3.05) is 13.1 Å². The van der Waals surface area contributed by atoms with E-state index in [0.717, 1.165) is 29.7 Å². The Hall–Kier alpha value is -3.22. The first-order chi connectivity index (χ1) is 14.0. The lowest BCUT2D eigenvalue weighted by atomic mass is 9.96. The van der Waals surface area contributed by atoms with Gasteiger partial charge in [-0.25, -0.2) is 14.8 Å². The maximum absolute atomic E-state index is 13.0. The predicted molar refractivity (Wildman–Crippen MR) is 109 cm³/mol. The molecule has 0 aliphatic carbocycles. The zero-order valence-electron chi connectivity index (χ0n) is 16.6. The second-order valence-electron chi connectivity index (χ2n) is 7.75. The molecule has 150 valence electrons. The van der Waals surface area contributed by atoms with E-state index in [4.69, 9.17) is 10.1 Å². The lowest BCUT2D eigenvalue weighted by molar-refractivity contribution is 0.0680. The van der Waals surface area contributed by atoms with Gasteiger partial charge < -0.3 is 14.6 Å². The average Bonchev–Trinajstić information content (AvgIpc) is 3.13. The second kappa shape index (κ2) is 7.66. The lowest BCUT2D eigenvalue weighted by Gasteiger charge is -2.33. The average molecular weight is 392 g/mol. The standard InChI is InChI=1S/C22H24N4O3/c1-14(2)26-19-8-4-3-7-17(19)24-20(26)16-6-5-11-25(13-16)21(27)15-9-10-18(22(28)29)23-12-15/h3-4,7-10,12,14,16H,5-6,11,13H2,1-2H3,(H,28,29). The molecule has 1 aliphatic heterocycles. The molecule has 4 rings (SSSR count). The first-order valence-electron chi connectivity index (χ1n) is 9.91. The van der Waals surface area contributed by atoms with Gasteiger partial charge in [-0.2, -0.15) is 0 Å². The predicted octanol–water partition coefficient (Wildman–Crippen LogP) is 3.73. The summed E-state index contributed by atoms with van der Waals surface area (Å²) in [6, 6.07) is 11.3. The summed E-state index contributed by atoms with van der Waals surface area (Å²) in [5.74, 6) is -0.0345. The highest BCUT2D eigenvalue weighted by atomic mass is 16.4. The van der Waals surface area contributed by atoms with Crippen molar-refractivity contribution in [2.45, 2.75) is 38.6 Å². The lowest BCUT2D eigenvalue weighted by Crippen LogP contribution is -2.40. The van der Waals surface area contributed by atoms with Crippen LogP contribution >= 0.6 is 0 Å². The molecule has 1 atom stereocenters. The Morgan fingerprint density at radius 3 is 2.66 bits per heavy atom. The normalized spacial score (nSPS) is 17.1. The molecule has 7 heteroatoms. The van der Waals surface area contributed by atoms with E-state index in [1.807, 2.05) is 23.1 Å². The molecule has 0 radical (unpaired) electrons. The van der Waals surface area contributed by atoms with Gasteiger partial charge in [0.05, 0.1) is 16.6 Å². The molecule has 0 saturated carbocycles. The van der Waals surface area contributed by atoms with Crippen molar-refractivity contribution in [1.82, 2.24) is 19.4 Å². The van der Waals surface area contributed by atoms with Crippen molar-refractivity contribution < 1.29 is 14.7 Å². The van der Waals surface area contributed by atoms with E-state index in [2.05, 4.69) is 29.5 Å².